The first-order chi connectivity index (χ1) is 13.3. The molecule has 0 heterocycles. The molecule has 0 saturated carbocycles. The van der Waals surface area contributed by atoms with Gasteiger partial charge in [-0.3, -0.25) is 4.79 Å². The van der Waals surface area contributed by atoms with Crippen LogP contribution in [0.3, 0.4) is 0 Å². The number of ketones is 1. The predicted molar refractivity (Wildman–Crippen MR) is 114 cm³/mol. The zero-order valence-electron chi connectivity index (χ0n) is 14.9. The molecule has 0 amide bonds. The van der Waals surface area contributed by atoms with Gasteiger partial charge < -0.3 is 0 Å². The highest BCUT2D eigenvalue weighted by molar-refractivity contribution is 7.96. The number of hydrogen-bond donors (Lipinski definition) is 0. The van der Waals surface area contributed by atoms with Crippen LogP contribution in [0.1, 0.15) is 21.5 Å². The second-order valence-corrected chi connectivity index (χ2v) is 9.00. The van der Waals surface area contributed by atoms with Crippen LogP contribution in [-0.2, 0) is 9.84 Å². The van der Waals surface area contributed by atoms with Crippen LogP contribution in [0.5, 0.6) is 0 Å². The Morgan fingerprint density at radius 2 is 1.29 bits per heavy atom. The lowest BCUT2D eigenvalue weighted by atomic mass is 10.1. The maximum absolute atomic E-state index is 13.3. The van der Waals surface area contributed by atoms with Crippen molar-refractivity contribution >= 4 is 44.9 Å². The van der Waals surface area contributed by atoms with E-state index in [-0.39, 0.29) is 15.4 Å². The number of hydrogen-bond acceptors (Lipinski definition) is 3. The number of carbonyl (C=O) groups is 1. The third-order valence-corrected chi connectivity index (χ3v) is 6.40. The van der Waals surface area contributed by atoms with Gasteiger partial charge in [-0.1, -0.05) is 53.0 Å². The summed E-state index contributed by atoms with van der Waals surface area (Å²) in [7, 11) is -4.04. The summed E-state index contributed by atoms with van der Waals surface area (Å²) in [4.78, 5) is 12.8. The largest absolute Gasteiger partial charge is 0.288 e. The van der Waals surface area contributed by atoms with E-state index in [1.165, 1.54) is 30.3 Å². The zero-order chi connectivity index (χ0) is 20.3. The molecule has 0 N–H and O–H groups in total. The lowest BCUT2D eigenvalue weighted by Gasteiger charge is -2.10. The minimum atomic E-state index is -4.04. The second kappa shape index (κ2) is 8.31. The van der Waals surface area contributed by atoms with E-state index in [9.17, 15) is 13.2 Å². The zero-order valence-corrected chi connectivity index (χ0v) is 17.2. The molecule has 3 aromatic carbocycles. The molecule has 0 aliphatic carbocycles. The van der Waals surface area contributed by atoms with Crippen LogP contribution in [0.4, 0.5) is 0 Å². The molecule has 0 unspecified atom stereocenters. The molecule has 0 saturated heterocycles. The molecule has 28 heavy (non-hydrogen) atoms. The van der Waals surface area contributed by atoms with Crippen molar-refractivity contribution in [2.24, 2.45) is 0 Å². The van der Waals surface area contributed by atoms with Crippen molar-refractivity contribution in [3.8, 4) is 0 Å². The van der Waals surface area contributed by atoms with Gasteiger partial charge in [0, 0.05) is 15.6 Å². The molecule has 0 fully saturated rings. The monoisotopic (exact) mass is 430 g/mol. The summed E-state index contributed by atoms with van der Waals surface area (Å²) in [5.41, 5.74) is 1.71. The number of allylic oxidation sites excluding steroid dienone is 1. The lowest BCUT2D eigenvalue weighted by molar-refractivity contribution is 0.104. The third kappa shape index (κ3) is 4.53. The number of aryl methyl sites for hydroxylation is 1. The molecule has 0 radical (unpaired) electrons. The van der Waals surface area contributed by atoms with Crippen LogP contribution in [0.2, 0.25) is 10.0 Å². The quantitative estimate of drug-likeness (QED) is 0.368. The second-order valence-electron chi connectivity index (χ2n) is 6.21. The fourth-order valence-corrected chi connectivity index (χ4v) is 4.22. The van der Waals surface area contributed by atoms with Crippen molar-refractivity contribution in [2.75, 3.05) is 0 Å². The summed E-state index contributed by atoms with van der Waals surface area (Å²) in [6.07, 6.45) is 1.36. The number of sulfone groups is 1. The highest BCUT2D eigenvalue weighted by Crippen LogP contribution is 2.26. The average molecular weight is 431 g/mol. The normalized spacial score (nSPS) is 12.0. The fraction of sp³-hybridized carbons (Fsp3) is 0.0455. The van der Waals surface area contributed by atoms with Gasteiger partial charge in [0.05, 0.1) is 4.90 Å². The van der Waals surface area contributed by atoms with E-state index in [1.54, 1.807) is 48.5 Å². The van der Waals surface area contributed by atoms with E-state index in [4.69, 9.17) is 23.2 Å². The lowest BCUT2D eigenvalue weighted by Crippen LogP contribution is -2.14. The van der Waals surface area contributed by atoms with Gasteiger partial charge in [0.1, 0.15) is 4.91 Å². The van der Waals surface area contributed by atoms with Crippen LogP contribution in [-0.4, -0.2) is 14.2 Å². The van der Waals surface area contributed by atoms with Crippen LogP contribution in [0.25, 0.3) is 6.08 Å². The Labute approximate surface area is 174 Å². The maximum Gasteiger partial charge on any atom is 0.210 e. The number of halogens is 2. The standard InChI is InChI=1S/C22H16Cl2O3S/c1-15-2-12-20(13-3-15)28(26,27)21(14-16-4-8-18(23)9-5-16)22(25)17-6-10-19(24)11-7-17/h2-14H,1H3/b21-14+. The van der Waals surface area contributed by atoms with Crippen molar-refractivity contribution in [1.82, 2.24) is 0 Å². The van der Waals surface area contributed by atoms with Gasteiger partial charge in [0.25, 0.3) is 0 Å². The molecule has 6 heteroatoms. The average Bonchev–Trinajstić information content (AvgIpc) is 2.68. The van der Waals surface area contributed by atoms with E-state index in [0.29, 0.717) is 15.6 Å². The van der Waals surface area contributed by atoms with E-state index in [0.717, 1.165) is 5.56 Å². The Kier molecular flexibility index (Phi) is 6.04. The van der Waals surface area contributed by atoms with Gasteiger partial charge in [-0.25, -0.2) is 8.42 Å². The Morgan fingerprint density at radius 1 is 0.786 bits per heavy atom. The third-order valence-electron chi connectivity index (χ3n) is 4.12. The first kappa shape index (κ1) is 20.3. The van der Waals surface area contributed by atoms with E-state index in [1.807, 2.05) is 6.92 Å². The molecule has 0 spiro atoms. The topological polar surface area (TPSA) is 51.2 Å². The summed E-state index contributed by atoms with van der Waals surface area (Å²) in [5, 5.41) is 0.977. The summed E-state index contributed by atoms with van der Waals surface area (Å²) >= 11 is 11.8. The molecule has 0 aliphatic heterocycles. The van der Waals surface area contributed by atoms with Crippen molar-refractivity contribution in [2.45, 2.75) is 11.8 Å². The Balaban J connectivity index is 2.16. The number of benzene rings is 3. The molecular weight excluding hydrogens is 415 g/mol. The molecular formula is C22H16Cl2O3S. The molecule has 3 aromatic rings. The predicted octanol–water partition coefficient (Wildman–Crippen LogP) is 6.00. The van der Waals surface area contributed by atoms with Crippen molar-refractivity contribution in [3.05, 3.63) is 104 Å². The van der Waals surface area contributed by atoms with Gasteiger partial charge >= 0.3 is 0 Å². The van der Waals surface area contributed by atoms with E-state index >= 15 is 0 Å². The number of Topliss-reactive ketones (excluding diaryl/α,β-unsaturated/α-hetero) is 1. The Bertz CT molecular complexity index is 1130. The van der Waals surface area contributed by atoms with Crippen molar-refractivity contribution in [3.63, 3.8) is 0 Å². The first-order valence-electron chi connectivity index (χ1n) is 8.37. The molecule has 0 aliphatic rings. The van der Waals surface area contributed by atoms with Crippen LogP contribution in [0, 0.1) is 6.92 Å². The molecule has 0 atom stereocenters. The molecule has 0 bridgehead atoms. The summed E-state index contributed by atoms with van der Waals surface area (Å²) in [6, 6.07) is 19.1. The maximum atomic E-state index is 13.3. The fourth-order valence-electron chi connectivity index (χ4n) is 2.56. The SMILES string of the molecule is Cc1ccc(S(=O)(=O)/C(=C/c2ccc(Cl)cc2)C(=O)c2ccc(Cl)cc2)cc1. The molecule has 0 aromatic heterocycles. The van der Waals surface area contributed by atoms with Gasteiger partial charge in [0.2, 0.25) is 15.6 Å². The highest BCUT2D eigenvalue weighted by atomic mass is 35.5. The van der Waals surface area contributed by atoms with Gasteiger partial charge in [-0.15, -0.1) is 0 Å². The minimum absolute atomic E-state index is 0.0561. The van der Waals surface area contributed by atoms with Crippen LogP contribution < -0.4 is 0 Å². The Hall–Kier alpha value is -2.40. The van der Waals surface area contributed by atoms with Crippen LogP contribution >= 0.6 is 23.2 Å². The summed E-state index contributed by atoms with van der Waals surface area (Å²) in [6.45, 7) is 1.86. The summed E-state index contributed by atoms with van der Waals surface area (Å²) in [5.74, 6) is -0.604. The number of carbonyl (C=O) groups excluding carboxylic acids is 1. The van der Waals surface area contributed by atoms with Crippen molar-refractivity contribution < 1.29 is 13.2 Å². The molecule has 3 rings (SSSR count). The van der Waals surface area contributed by atoms with Crippen molar-refractivity contribution in [1.29, 1.82) is 0 Å². The first-order valence-corrected chi connectivity index (χ1v) is 10.6. The summed E-state index contributed by atoms with van der Waals surface area (Å²) < 4.78 is 26.5. The van der Waals surface area contributed by atoms with E-state index < -0.39 is 15.6 Å². The minimum Gasteiger partial charge on any atom is -0.288 e. The Morgan fingerprint density at radius 3 is 1.82 bits per heavy atom. The van der Waals surface area contributed by atoms with Gasteiger partial charge in [0.15, 0.2) is 0 Å². The smallest absolute Gasteiger partial charge is 0.210 e. The van der Waals surface area contributed by atoms with E-state index in [2.05, 4.69) is 0 Å². The van der Waals surface area contributed by atoms with Crippen LogP contribution in [0.15, 0.2) is 82.6 Å². The number of rotatable bonds is 5. The van der Waals surface area contributed by atoms with Gasteiger partial charge in [-0.05, 0) is 67.1 Å². The highest BCUT2D eigenvalue weighted by Gasteiger charge is 2.28. The van der Waals surface area contributed by atoms with Gasteiger partial charge in [-0.2, -0.15) is 0 Å². The molecule has 142 valence electrons. The molecule has 3 nitrogen and oxygen atoms in total.